The van der Waals surface area contributed by atoms with Crippen molar-refractivity contribution in [2.75, 3.05) is 26.7 Å². The number of nitrogens with two attached hydrogens (primary N) is 1. The van der Waals surface area contributed by atoms with Crippen molar-refractivity contribution in [2.24, 2.45) is 11.7 Å². The summed E-state index contributed by atoms with van der Waals surface area (Å²) in [5, 5.41) is 0. The Kier molecular flexibility index (Phi) is 6.78. The van der Waals surface area contributed by atoms with E-state index in [1.54, 1.807) is 0 Å². The minimum Gasteiger partial charge on any atom is -0.330 e. The lowest BCUT2D eigenvalue weighted by atomic mass is 10.1. The molecule has 1 rings (SSSR count). The lowest BCUT2D eigenvalue weighted by Crippen LogP contribution is -2.31. The van der Waals surface area contributed by atoms with Crippen LogP contribution in [0.3, 0.4) is 0 Å². The summed E-state index contributed by atoms with van der Waals surface area (Å²) in [7, 11) is 2.18. The van der Waals surface area contributed by atoms with Crippen molar-refractivity contribution in [3.63, 3.8) is 0 Å². The third-order valence-corrected chi connectivity index (χ3v) is 3.97. The highest BCUT2D eigenvalue weighted by Crippen LogP contribution is 2.16. The topological polar surface area (TPSA) is 29.3 Å². The Morgan fingerprint density at radius 2 is 2.06 bits per heavy atom. The molecule has 0 spiro atoms. The Balaban J connectivity index is 2.38. The summed E-state index contributed by atoms with van der Waals surface area (Å²) in [6, 6.07) is 8.43. The first kappa shape index (κ1) is 14.7. The maximum absolute atomic E-state index is 5.73. The fourth-order valence-electron chi connectivity index (χ4n) is 1.91. The van der Waals surface area contributed by atoms with E-state index in [2.05, 4.69) is 59.1 Å². The van der Waals surface area contributed by atoms with Gasteiger partial charge in [0.05, 0.1) is 0 Å². The van der Waals surface area contributed by atoms with Gasteiger partial charge in [0.2, 0.25) is 0 Å². The van der Waals surface area contributed by atoms with Crippen molar-refractivity contribution in [3.05, 3.63) is 34.3 Å². The van der Waals surface area contributed by atoms with Crippen LogP contribution >= 0.6 is 15.9 Å². The molecule has 0 heterocycles. The predicted octanol–water partition coefficient (Wildman–Crippen LogP) is 2.91. The Morgan fingerprint density at radius 1 is 1.35 bits per heavy atom. The molecule has 0 fully saturated rings. The molecule has 96 valence electrons. The summed E-state index contributed by atoms with van der Waals surface area (Å²) in [5.41, 5.74) is 7.10. The second-order valence-corrected chi connectivity index (χ2v) is 5.47. The summed E-state index contributed by atoms with van der Waals surface area (Å²) in [6.07, 6.45) is 2.24. The zero-order valence-electron chi connectivity index (χ0n) is 10.8. The number of rotatable bonds is 7. The van der Waals surface area contributed by atoms with Crippen LogP contribution in [0.15, 0.2) is 28.7 Å². The maximum atomic E-state index is 5.73. The van der Waals surface area contributed by atoms with Crippen LogP contribution in [-0.4, -0.2) is 31.6 Å². The van der Waals surface area contributed by atoms with Crippen LogP contribution in [0, 0.1) is 5.92 Å². The Morgan fingerprint density at radius 3 is 2.65 bits per heavy atom. The van der Waals surface area contributed by atoms with Gasteiger partial charge in [-0.2, -0.15) is 0 Å². The van der Waals surface area contributed by atoms with Crippen molar-refractivity contribution >= 4 is 15.9 Å². The van der Waals surface area contributed by atoms with Gasteiger partial charge in [0.25, 0.3) is 0 Å². The second-order valence-electron chi connectivity index (χ2n) is 4.61. The van der Waals surface area contributed by atoms with E-state index < -0.39 is 0 Å². The summed E-state index contributed by atoms with van der Waals surface area (Å²) in [6.45, 7) is 5.17. The molecule has 2 nitrogen and oxygen atoms in total. The summed E-state index contributed by atoms with van der Waals surface area (Å²) >= 11 is 3.59. The molecule has 0 saturated heterocycles. The van der Waals surface area contributed by atoms with E-state index in [0.29, 0.717) is 5.92 Å². The molecule has 17 heavy (non-hydrogen) atoms. The maximum Gasteiger partial charge on any atom is 0.0207 e. The van der Waals surface area contributed by atoms with Crippen LogP contribution in [0.2, 0.25) is 0 Å². The van der Waals surface area contributed by atoms with Gasteiger partial charge in [0.1, 0.15) is 0 Å². The number of likely N-dealkylation sites (N-methyl/N-ethyl adjacent to an activating group) is 1. The smallest absolute Gasteiger partial charge is 0.0207 e. The van der Waals surface area contributed by atoms with E-state index >= 15 is 0 Å². The fraction of sp³-hybridized carbons (Fsp3) is 0.571. The average Bonchev–Trinajstić information content (AvgIpc) is 2.35. The van der Waals surface area contributed by atoms with Gasteiger partial charge in [-0.3, -0.25) is 0 Å². The molecule has 1 aromatic rings. The lowest BCUT2D eigenvalue weighted by molar-refractivity contribution is 0.277. The zero-order valence-corrected chi connectivity index (χ0v) is 12.4. The molecule has 0 aromatic heterocycles. The predicted molar refractivity (Wildman–Crippen MR) is 78.2 cm³/mol. The highest BCUT2D eigenvalue weighted by atomic mass is 79.9. The van der Waals surface area contributed by atoms with E-state index in [0.717, 1.165) is 32.5 Å². The Hall–Kier alpha value is -0.380. The summed E-state index contributed by atoms with van der Waals surface area (Å²) in [4.78, 5) is 2.38. The van der Waals surface area contributed by atoms with Gasteiger partial charge in [-0.05, 0) is 37.6 Å². The number of hydrogen-bond donors (Lipinski definition) is 1. The van der Waals surface area contributed by atoms with Crippen LogP contribution < -0.4 is 5.73 Å². The van der Waals surface area contributed by atoms with Crippen molar-refractivity contribution in [1.29, 1.82) is 0 Å². The Bertz CT molecular complexity index is 324. The van der Waals surface area contributed by atoms with Crippen molar-refractivity contribution in [2.45, 2.75) is 19.8 Å². The third kappa shape index (κ3) is 5.19. The highest BCUT2D eigenvalue weighted by Gasteiger charge is 2.08. The molecule has 0 aliphatic heterocycles. The van der Waals surface area contributed by atoms with Gasteiger partial charge in [-0.1, -0.05) is 47.5 Å². The normalized spacial score (nSPS) is 13.0. The molecule has 2 N–H and O–H groups in total. The first-order chi connectivity index (χ1) is 8.17. The van der Waals surface area contributed by atoms with Crippen LogP contribution in [0.25, 0.3) is 0 Å². The van der Waals surface area contributed by atoms with E-state index in [-0.39, 0.29) is 0 Å². The minimum absolute atomic E-state index is 0.624. The molecule has 0 saturated carbocycles. The van der Waals surface area contributed by atoms with E-state index in [1.807, 2.05) is 0 Å². The lowest BCUT2D eigenvalue weighted by Gasteiger charge is -2.22. The molecule has 0 radical (unpaired) electrons. The molecule has 1 unspecified atom stereocenters. The molecule has 0 bridgehead atoms. The van der Waals surface area contributed by atoms with Gasteiger partial charge in [-0.15, -0.1) is 0 Å². The second kappa shape index (κ2) is 7.85. The largest absolute Gasteiger partial charge is 0.330 e. The molecule has 0 aliphatic rings. The van der Waals surface area contributed by atoms with E-state index in [9.17, 15) is 0 Å². The SMILES string of the molecule is CCC(CN)CN(C)CCc1ccccc1Br. The molecule has 0 aliphatic carbocycles. The standard InChI is InChI=1S/C14H23BrN2/c1-3-12(10-16)11-17(2)9-8-13-6-4-5-7-14(13)15/h4-7,12H,3,8-11,16H2,1-2H3. The van der Waals surface area contributed by atoms with Crippen molar-refractivity contribution in [1.82, 2.24) is 4.90 Å². The molecule has 1 aromatic carbocycles. The zero-order chi connectivity index (χ0) is 12.7. The number of halogens is 1. The summed E-state index contributed by atoms with van der Waals surface area (Å²) < 4.78 is 1.21. The van der Waals surface area contributed by atoms with Gasteiger partial charge in [0.15, 0.2) is 0 Å². The molecular formula is C14H23BrN2. The van der Waals surface area contributed by atoms with E-state index in [4.69, 9.17) is 5.73 Å². The molecule has 1 atom stereocenters. The molecule has 3 heteroatoms. The van der Waals surface area contributed by atoms with Gasteiger partial charge < -0.3 is 10.6 Å². The van der Waals surface area contributed by atoms with Crippen molar-refractivity contribution < 1.29 is 0 Å². The van der Waals surface area contributed by atoms with Crippen LogP contribution in [-0.2, 0) is 6.42 Å². The minimum atomic E-state index is 0.624. The number of hydrogen-bond acceptors (Lipinski definition) is 2. The summed E-state index contributed by atoms with van der Waals surface area (Å²) in [5.74, 6) is 0.624. The average molecular weight is 299 g/mol. The number of benzene rings is 1. The van der Waals surface area contributed by atoms with Crippen LogP contribution in [0.4, 0.5) is 0 Å². The fourth-order valence-corrected chi connectivity index (χ4v) is 2.40. The quantitative estimate of drug-likeness (QED) is 0.839. The first-order valence-corrected chi connectivity index (χ1v) is 7.08. The first-order valence-electron chi connectivity index (χ1n) is 6.29. The highest BCUT2D eigenvalue weighted by molar-refractivity contribution is 9.10. The van der Waals surface area contributed by atoms with Gasteiger partial charge >= 0.3 is 0 Å². The van der Waals surface area contributed by atoms with Gasteiger partial charge in [0, 0.05) is 17.6 Å². The Labute approximate surface area is 113 Å². The molecular weight excluding hydrogens is 276 g/mol. The monoisotopic (exact) mass is 298 g/mol. The molecule has 0 amide bonds. The number of nitrogens with zero attached hydrogens (tertiary/aromatic N) is 1. The van der Waals surface area contributed by atoms with Crippen LogP contribution in [0.1, 0.15) is 18.9 Å². The van der Waals surface area contributed by atoms with E-state index in [1.165, 1.54) is 10.0 Å². The van der Waals surface area contributed by atoms with Crippen molar-refractivity contribution in [3.8, 4) is 0 Å². The third-order valence-electron chi connectivity index (χ3n) is 3.20. The van der Waals surface area contributed by atoms with Gasteiger partial charge in [-0.25, -0.2) is 0 Å². The van der Waals surface area contributed by atoms with Crippen LogP contribution in [0.5, 0.6) is 0 Å².